The van der Waals surface area contributed by atoms with Crippen LogP contribution in [0.3, 0.4) is 0 Å². The van der Waals surface area contributed by atoms with Crippen LogP contribution in [0.4, 0.5) is 4.39 Å². The number of halogens is 1. The first-order valence-electron chi connectivity index (χ1n) is 6.92. The Morgan fingerprint density at radius 2 is 1.95 bits per heavy atom. The Bertz CT molecular complexity index is 368. The number of nitrogens with zero attached hydrogens (tertiary/aromatic N) is 2. The van der Waals surface area contributed by atoms with Gasteiger partial charge >= 0.3 is 0 Å². The molecular formula is C15H26FN3. The minimum absolute atomic E-state index is 0.0931. The molecule has 0 heterocycles. The molecule has 0 aliphatic rings. The Balaban J connectivity index is 2.83. The van der Waals surface area contributed by atoms with Gasteiger partial charge in [0.25, 0.3) is 0 Å². The number of likely N-dealkylation sites (N-methyl/N-ethyl adjacent to an activating group) is 1. The second-order valence-corrected chi connectivity index (χ2v) is 5.15. The Morgan fingerprint density at radius 3 is 2.47 bits per heavy atom. The lowest BCUT2D eigenvalue weighted by Gasteiger charge is -2.32. The van der Waals surface area contributed by atoms with Crippen LogP contribution in [0.5, 0.6) is 0 Å². The molecular weight excluding hydrogens is 241 g/mol. The molecule has 0 spiro atoms. The van der Waals surface area contributed by atoms with E-state index in [0.717, 1.165) is 31.6 Å². The monoisotopic (exact) mass is 267 g/mol. The van der Waals surface area contributed by atoms with Gasteiger partial charge in [0.1, 0.15) is 5.82 Å². The predicted octanol–water partition coefficient (Wildman–Crippen LogP) is 2.10. The van der Waals surface area contributed by atoms with Gasteiger partial charge in [0.15, 0.2) is 0 Å². The van der Waals surface area contributed by atoms with Crippen LogP contribution < -0.4 is 5.73 Å². The molecule has 0 aliphatic heterocycles. The third-order valence-corrected chi connectivity index (χ3v) is 3.24. The summed E-state index contributed by atoms with van der Waals surface area (Å²) in [5, 5.41) is 0. The molecule has 108 valence electrons. The highest BCUT2D eigenvalue weighted by molar-refractivity contribution is 5.20. The van der Waals surface area contributed by atoms with E-state index < -0.39 is 0 Å². The molecule has 19 heavy (non-hydrogen) atoms. The summed E-state index contributed by atoms with van der Waals surface area (Å²) in [5.74, 6) is -0.194. The van der Waals surface area contributed by atoms with Gasteiger partial charge in [0.05, 0.1) is 0 Å². The van der Waals surface area contributed by atoms with E-state index in [9.17, 15) is 4.39 Å². The molecule has 0 saturated carbocycles. The number of nitrogens with two attached hydrogens (primary N) is 1. The van der Waals surface area contributed by atoms with E-state index in [-0.39, 0.29) is 11.9 Å². The van der Waals surface area contributed by atoms with Gasteiger partial charge in [0, 0.05) is 25.7 Å². The normalized spacial score (nSPS) is 13.2. The van der Waals surface area contributed by atoms with Gasteiger partial charge in [-0.05, 0) is 44.8 Å². The van der Waals surface area contributed by atoms with Gasteiger partial charge in [-0.1, -0.05) is 19.1 Å². The largest absolute Gasteiger partial charge is 0.329 e. The van der Waals surface area contributed by atoms with Crippen LogP contribution in [0.1, 0.15) is 24.9 Å². The molecule has 1 aromatic rings. The smallest absolute Gasteiger partial charge is 0.123 e. The maximum atomic E-state index is 13.4. The number of hydrogen-bond acceptors (Lipinski definition) is 3. The lowest BCUT2D eigenvalue weighted by Crippen LogP contribution is -2.38. The first kappa shape index (κ1) is 16.1. The van der Waals surface area contributed by atoms with E-state index in [2.05, 4.69) is 30.8 Å². The lowest BCUT2D eigenvalue weighted by atomic mass is 10.0. The summed E-state index contributed by atoms with van der Waals surface area (Å²) in [5.41, 5.74) is 6.88. The van der Waals surface area contributed by atoms with Crippen LogP contribution >= 0.6 is 0 Å². The minimum Gasteiger partial charge on any atom is -0.329 e. The summed E-state index contributed by atoms with van der Waals surface area (Å²) in [4.78, 5) is 4.50. The second-order valence-electron chi connectivity index (χ2n) is 5.15. The molecule has 1 unspecified atom stereocenters. The van der Waals surface area contributed by atoms with Gasteiger partial charge in [0.2, 0.25) is 0 Å². The van der Waals surface area contributed by atoms with Gasteiger partial charge < -0.3 is 10.6 Å². The SMILES string of the molecule is CCCN(CCN(C)C)C(CN)c1cccc(F)c1. The molecule has 3 nitrogen and oxygen atoms in total. The van der Waals surface area contributed by atoms with Crippen molar-refractivity contribution in [2.45, 2.75) is 19.4 Å². The van der Waals surface area contributed by atoms with E-state index >= 15 is 0 Å². The predicted molar refractivity (Wildman–Crippen MR) is 78.6 cm³/mol. The van der Waals surface area contributed by atoms with Crippen molar-refractivity contribution < 1.29 is 4.39 Å². The van der Waals surface area contributed by atoms with Crippen LogP contribution in [-0.4, -0.2) is 50.1 Å². The third-order valence-electron chi connectivity index (χ3n) is 3.24. The van der Waals surface area contributed by atoms with E-state index in [4.69, 9.17) is 5.73 Å². The summed E-state index contributed by atoms with van der Waals surface area (Å²) < 4.78 is 13.4. The number of benzene rings is 1. The fraction of sp³-hybridized carbons (Fsp3) is 0.600. The average molecular weight is 267 g/mol. The van der Waals surface area contributed by atoms with Crippen molar-refractivity contribution in [1.29, 1.82) is 0 Å². The van der Waals surface area contributed by atoms with Crippen LogP contribution in [0.15, 0.2) is 24.3 Å². The van der Waals surface area contributed by atoms with Gasteiger partial charge in [-0.25, -0.2) is 4.39 Å². The Labute approximate surface area is 116 Å². The van der Waals surface area contributed by atoms with Gasteiger partial charge in [-0.2, -0.15) is 0 Å². The first-order chi connectivity index (χ1) is 9.08. The topological polar surface area (TPSA) is 32.5 Å². The molecule has 2 N–H and O–H groups in total. The van der Waals surface area contributed by atoms with Crippen molar-refractivity contribution in [3.05, 3.63) is 35.6 Å². The quantitative estimate of drug-likeness (QED) is 0.783. The molecule has 0 aliphatic carbocycles. The molecule has 0 aromatic heterocycles. The van der Waals surface area contributed by atoms with Crippen LogP contribution in [0.2, 0.25) is 0 Å². The fourth-order valence-corrected chi connectivity index (χ4v) is 2.25. The summed E-state index contributed by atoms with van der Waals surface area (Å²) in [6.07, 6.45) is 1.07. The van der Waals surface area contributed by atoms with Gasteiger partial charge in [-0.15, -0.1) is 0 Å². The zero-order valence-electron chi connectivity index (χ0n) is 12.3. The van der Waals surface area contributed by atoms with Crippen LogP contribution in [-0.2, 0) is 0 Å². The van der Waals surface area contributed by atoms with Crippen molar-refractivity contribution >= 4 is 0 Å². The average Bonchev–Trinajstić information content (AvgIpc) is 2.37. The number of rotatable bonds is 8. The standard InChI is InChI=1S/C15H26FN3/c1-4-8-19(10-9-18(2)3)15(12-17)13-6-5-7-14(16)11-13/h5-7,11,15H,4,8-10,12,17H2,1-3H3. The maximum Gasteiger partial charge on any atom is 0.123 e. The third kappa shape index (κ3) is 5.27. The van der Waals surface area contributed by atoms with Crippen molar-refractivity contribution in [1.82, 2.24) is 9.80 Å². The zero-order valence-corrected chi connectivity index (χ0v) is 12.3. The van der Waals surface area contributed by atoms with Crippen molar-refractivity contribution in [2.24, 2.45) is 5.73 Å². The van der Waals surface area contributed by atoms with Crippen molar-refractivity contribution in [3.8, 4) is 0 Å². The second kappa shape index (κ2) is 8.25. The molecule has 0 radical (unpaired) electrons. The Kier molecular flexibility index (Phi) is 6.99. The van der Waals surface area contributed by atoms with Gasteiger partial charge in [-0.3, -0.25) is 4.90 Å². The summed E-state index contributed by atoms with van der Waals surface area (Å²) in [6.45, 7) is 5.57. The fourth-order valence-electron chi connectivity index (χ4n) is 2.25. The summed E-state index contributed by atoms with van der Waals surface area (Å²) in [7, 11) is 4.12. The van der Waals surface area contributed by atoms with E-state index in [1.54, 1.807) is 12.1 Å². The van der Waals surface area contributed by atoms with E-state index in [1.807, 2.05) is 6.07 Å². The molecule has 0 saturated heterocycles. The maximum absolute atomic E-state index is 13.4. The molecule has 4 heteroatoms. The molecule has 1 rings (SSSR count). The number of hydrogen-bond donors (Lipinski definition) is 1. The van der Waals surface area contributed by atoms with Crippen LogP contribution in [0, 0.1) is 5.82 Å². The van der Waals surface area contributed by atoms with E-state index in [0.29, 0.717) is 6.54 Å². The highest BCUT2D eigenvalue weighted by Gasteiger charge is 2.18. The summed E-state index contributed by atoms with van der Waals surface area (Å²) >= 11 is 0. The Morgan fingerprint density at radius 1 is 1.21 bits per heavy atom. The molecule has 1 atom stereocenters. The molecule has 1 aromatic carbocycles. The van der Waals surface area contributed by atoms with Crippen molar-refractivity contribution in [2.75, 3.05) is 40.3 Å². The van der Waals surface area contributed by atoms with E-state index in [1.165, 1.54) is 6.07 Å². The summed E-state index contributed by atoms with van der Waals surface area (Å²) in [6, 6.07) is 6.87. The Hall–Kier alpha value is -0.970. The molecule has 0 fully saturated rings. The van der Waals surface area contributed by atoms with Crippen molar-refractivity contribution in [3.63, 3.8) is 0 Å². The minimum atomic E-state index is -0.194. The van der Waals surface area contributed by atoms with Crippen LogP contribution in [0.25, 0.3) is 0 Å². The first-order valence-corrected chi connectivity index (χ1v) is 6.92. The zero-order chi connectivity index (χ0) is 14.3. The lowest BCUT2D eigenvalue weighted by molar-refractivity contribution is 0.182. The molecule has 0 amide bonds. The highest BCUT2D eigenvalue weighted by Crippen LogP contribution is 2.20. The highest BCUT2D eigenvalue weighted by atomic mass is 19.1. The molecule has 0 bridgehead atoms.